The summed E-state index contributed by atoms with van der Waals surface area (Å²) in [6, 6.07) is 2.63. The molecular weight excluding hydrogens is 246 g/mol. The monoisotopic (exact) mass is 265 g/mol. The van der Waals surface area contributed by atoms with E-state index in [9.17, 15) is 9.90 Å². The van der Waals surface area contributed by atoms with Crippen molar-refractivity contribution in [2.45, 2.75) is 57.3 Å². The average Bonchev–Trinajstić information content (AvgIpc) is 2.79. The van der Waals surface area contributed by atoms with Gasteiger partial charge in [-0.1, -0.05) is 0 Å². The van der Waals surface area contributed by atoms with Gasteiger partial charge >= 0.3 is 5.97 Å². The van der Waals surface area contributed by atoms with Gasteiger partial charge in [-0.15, -0.1) is 0 Å². The van der Waals surface area contributed by atoms with Crippen molar-refractivity contribution in [3.8, 4) is 0 Å². The molecule has 2 fully saturated rings. The second-order valence-corrected chi connectivity index (χ2v) is 5.71. The molecule has 2 saturated heterocycles. The Morgan fingerprint density at radius 2 is 2.05 bits per heavy atom. The predicted molar refractivity (Wildman–Crippen MR) is 68.0 cm³/mol. The van der Waals surface area contributed by atoms with Crippen molar-refractivity contribution in [3.05, 3.63) is 23.2 Å². The van der Waals surface area contributed by atoms with Gasteiger partial charge in [0.25, 0.3) is 0 Å². The minimum Gasteiger partial charge on any atom is -0.475 e. The van der Waals surface area contributed by atoms with Gasteiger partial charge in [0.15, 0.2) is 0 Å². The van der Waals surface area contributed by atoms with Crippen LogP contribution in [0.3, 0.4) is 0 Å². The maximum absolute atomic E-state index is 11.0. The van der Waals surface area contributed by atoms with Crippen molar-refractivity contribution in [1.82, 2.24) is 4.90 Å². The molecule has 2 N–H and O–H groups in total. The van der Waals surface area contributed by atoms with Gasteiger partial charge in [0.05, 0.1) is 12.6 Å². The smallest absolute Gasteiger partial charge is 0.372 e. The van der Waals surface area contributed by atoms with Crippen LogP contribution in [0.1, 0.15) is 47.6 Å². The van der Waals surface area contributed by atoms with Crippen LogP contribution in [0.4, 0.5) is 0 Å². The van der Waals surface area contributed by atoms with Crippen molar-refractivity contribution < 1.29 is 19.4 Å². The second kappa shape index (κ2) is 4.65. The summed E-state index contributed by atoms with van der Waals surface area (Å²) in [6.07, 6.45) is 3.70. The second-order valence-electron chi connectivity index (χ2n) is 5.71. The Bertz CT molecular complexity index is 482. The molecule has 2 aliphatic rings. The summed E-state index contributed by atoms with van der Waals surface area (Å²) < 4.78 is 5.43. The van der Waals surface area contributed by atoms with Gasteiger partial charge in [0.1, 0.15) is 5.76 Å². The van der Waals surface area contributed by atoms with E-state index in [0.717, 1.165) is 25.7 Å². The summed E-state index contributed by atoms with van der Waals surface area (Å²) in [5, 5.41) is 18.8. The minimum atomic E-state index is -1.01. The topological polar surface area (TPSA) is 73.9 Å². The zero-order valence-corrected chi connectivity index (χ0v) is 11.0. The fourth-order valence-corrected chi connectivity index (χ4v) is 3.52. The molecule has 2 atom stereocenters. The Balaban J connectivity index is 1.75. The van der Waals surface area contributed by atoms with Gasteiger partial charge < -0.3 is 14.6 Å². The van der Waals surface area contributed by atoms with Crippen LogP contribution in [0, 0.1) is 6.92 Å². The van der Waals surface area contributed by atoms with Crippen LogP contribution in [0.5, 0.6) is 0 Å². The molecule has 2 unspecified atom stereocenters. The molecule has 1 aromatic heterocycles. The van der Waals surface area contributed by atoms with Crippen LogP contribution in [0.15, 0.2) is 10.5 Å². The fraction of sp³-hybridized carbons (Fsp3) is 0.643. The highest BCUT2D eigenvalue weighted by Crippen LogP contribution is 2.37. The standard InChI is InChI=1S/C14H19NO4/c1-8-4-12(19-13(8)14(17)18)7-15-9-2-3-10(15)6-11(16)5-9/h4,9-11,16H,2-3,5-7H2,1H3,(H,17,18). The van der Waals surface area contributed by atoms with Gasteiger partial charge in [-0.2, -0.15) is 0 Å². The number of fused-ring (bicyclic) bond motifs is 2. The average molecular weight is 265 g/mol. The number of aliphatic hydroxyl groups excluding tert-OH is 1. The Morgan fingerprint density at radius 1 is 1.42 bits per heavy atom. The van der Waals surface area contributed by atoms with E-state index < -0.39 is 5.97 Å². The third kappa shape index (κ3) is 2.28. The Morgan fingerprint density at radius 3 is 2.58 bits per heavy atom. The number of piperidine rings is 1. The first kappa shape index (κ1) is 12.7. The van der Waals surface area contributed by atoms with Crippen molar-refractivity contribution in [2.75, 3.05) is 0 Å². The molecule has 0 radical (unpaired) electrons. The first-order valence-electron chi connectivity index (χ1n) is 6.81. The number of aromatic carboxylic acids is 1. The van der Waals surface area contributed by atoms with Crippen molar-refractivity contribution >= 4 is 5.97 Å². The molecule has 2 bridgehead atoms. The summed E-state index contributed by atoms with van der Waals surface area (Å²) in [4.78, 5) is 13.3. The number of carboxylic acids is 1. The molecule has 104 valence electrons. The lowest BCUT2D eigenvalue weighted by molar-refractivity contribution is 0.0272. The molecule has 0 amide bonds. The number of hydrogen-bond acceptors (Lipinski definition) is 4. The normalized spacial score (nSPS) is 30.7. The maximum Gasteiger partial charge on any atom is 0.372 e. The first-order valence-corrected chi connectivity index (χ1v) is 6.81. The van der Waals surface area contributed by atoms with E-state index in [1.54, 1.807) is 6.92 Å². The summed E-state index contributed by atoms with van der Waals surface area (Å²) in [5.74, 6) is -0.261. The number of aliphatic hydroxyl groups is 1. The molecule has 2 aliphatic heterocycles. The van der Waals surface area contributed by atoms with E-state index in [2.05, 4.69) is 4.90 Å². The lowest BCUT2D eigenvalue weighted by atomic mass is 10.00. The zero-order chi connectivity index (χ0) is 13.6. The fourth-order valence-electron chi connectivity index (χ4n) is 3.52. The lowest BCUT2D eigenvalue weighted by Gasteiger charge is -2.36. The minimum absolute atomic E-state index is 0.0411. The molecule has 0 saturated carbocycles. The SMILES string of the molecule is Cc1cc(CN2C3CCC2CC(O)C3)oc1C(=O)O. The molecule has 1 aromatic rings. The maximum atomic E-state index is 11.0. The molecule has 5 heteroatoms. The van der Waals surface area contributed by atoms with Crippen LogP contribution < -0.4 is 0 Å². The number of nitrogens with zero attached hydrogens (tertiary/aromatic N) is 1. The molecule has 5 nitrogen and oxygen atoms in total. The van der Waals surface area contributed by atoms with Gasteiger partial charge in [-0.25, -0.2) is 4.79 Å². The Kier molecular flexibility index (Phi) is 3.11. The number of furan rings is 1. The zero-order valence-electron chi connectivity index (χ0n) is 11.0. The summed E-state index contributed by atoms with van der Waals surface area (Å²) >= 11 is 0. The molecular formula is C14H19NO4. The molecule has 19 heavy (non-hydrogen) atoms. The van der Waals surface area contributed by atoms with E-state index in [1.807, 2.05) is 6.07 Å². The van der Waals surface area contributed by atoms with E-state index >= 15 is 0 Å². The van der Waals surface area contributed by atoms with Crippen molar-refractivity contribution in [3.63, 3.8) is 0 Å². The predicted octanol–water partition coefficient (Wildman–Crippen LogP) is 1.77. The number of carboxylic acid groups (broad SMARTS) is 1. The quantitative estimate of drug-likeness (QED) is 0.871. The highest BCUT2D eigenvalue weighted by molar-refractivity contribution is 5.86. The Hall–Kier alpha value is -1.33. The molecule has 0 aromatic carbocycles. The summed E-state index contributed by atoms with van der Waals surface area (Å²) in [6.45, 7) is 2.40. The summed E-state index contributed by atoms with van der Waals surface area (Å²) in [7, 11) is 0. The van der Waals surface area contributed by atoms with E-state index in [1.165, 1.54) is 0 Å². The number of hydrogen-bond donors (Lipinski definition) is 2. The van der Waals surface area contributed by atoms with E-state index in [-0.39, 0.29) is 11.9 Å². The third-order valence-electron chi connectivity index (χ3n) is 4.36. The van der Waals surface area contributed by atoms with Crippen LogP contribution in [-0.4, -0.2) is 39.3 Å². The van der Waals surface area contributed by atoms with Gasteiger partial charge in [0.2, 0.25) is 5.76 Å². The molecule has 0 aliphatic carbocycles. The summed E-state index contributed by atoms with van der Waals surface area (Å²) in [5.41, 5.74) is 0.673. The van der Waals surface area contributed by atoms with Crippen LogP contribution in [0.25, 0.3) is 0 Å². The van der Waals surface area contributed by atoms with Crippen LogP contribution >= 0.6 is 0 Å². The van der Waals surface area contributed by atoms with Crippen molar-refractivity contribution in [1.29, 1.82) is 0 Å². The highest BCUT2D eigenvalue weighted by atomic mass is 16.4. The first-order chi connectivity index (χ1) is 9.04. The van der Waals surface area contributed by atoms with Gasteiger partial charge in [0, 0.05) is 17.6 Å². The molecule has 3 rings (SSSR count). The van der Waals surface area contributed by atoms with Crippen LogP contribution in [-0.2, 0) is 6.54 Å². The van der Waals surface area contributed by atoms with Gasteiger partial charge in [-0.05, 0) is 38.7 Å². The molecule has 0 spiro atoms. The van der Waals surface area contributed by atoms with E-state index in [4.69, 9.17) is 9.52 Å². The number of aryl methyl sites for hydroxylation is 1. The van der Waals surface area contributed by atoms with Crippen molar-refractivity contribution in [2.24, 2.45) is 0 Å². The largest absolute Gasteiger partial charge is 0.475 e. The van der Waals surface area contributed by atoms with E-state index in [0.29, 0.717) is 30.0 Å². The number of carbonyl (C=O) groups is 1. The highest BCUT2D eigenvalue weighted by Gasteiger charge is 2.40. The molecule has 3 heterocycles. The van der Waals surface area contributed by atoms with Crippen LogP contribution in [0.2, 0.25) is 0 Å². The number of rotatable bonds is 3. The Labute approximate surface area is 111 Å². The third-order valence-corrected chi connectivity index (χ3v) is 4.36. The lowest BCUT2D eigenvalue weighted by Crippen LogP contribution is -2.43. The van der Waals surface area contributed by atoms with Gasteiger partial charge in [-0.3, -0.25) is 4.90 Å².